The fraction of sp³-hybridized carbons (Fsp3) is 0.368. The van der Waals surface area contributed by atoms with E-state index in [9.17, 15) is 14.7 Å². The number of esters is 2. The van der Waals surface area contributed by atoms with Gasteiger partial charge in [0.25, 0.3) is 0 Å². The molecule has 0 unspecified atom stereocenters. The molecule has 1 heterocycles. The van der Waals surface area contributed by atoms with Crippen LogP contribution in [0.3, 0.4) is 0 Å². The van der Waals surface area contributed by atoms with Crippen LogP contribution in [-0.2, 0) is 19.1 Å². The van der Waals surface area contributed by atoms with E-state index in [0.29, 0.717) is 10.0 Å². The number of hydrogen-bond donors (Lipinski definition) is 1. The fourth-order valence-corrected chi connectivity index (χ4v) is 3.30. The maximum absolute atomic E-state index is 12.6. The van der Waals surface area contributed by atoms with Gasteiger partial charge in [-0.05, 0) is 47.5 Å². The molecule has 0 atom stereocenters. The van der Waals surface area contributed by atoms with Gasteiger partial charge in [0, 0.05) is 19.4 Å². The summed E-state index contributed by atoms with van der Waals surface area (Å²) in [7, 11) is 3.13. The van der Waals surface area contributed by atoms with Crippen LogP contribution in [0.2, 0.25) is 0 Å². The SMILES string of the molecule is CCOC(=O)C1=CN(C)C=C(C(=O)OCC)C1c1cc(Br)c(O)c(OC)c1. The molecule has 0 radical (unpaired) electrons. The molecular formula is C19H22BrNO6. The summed E-state index contributed by atoms with van der Waals surface area (Å²) in [5.41, 5.74) is 1.14. The quantitative estimate of drug-likeness (QED) is 0.681. The summed E-state index contributed by atoms with van der Waals surface area (Å²) in [5.74, 6) is -1.66. The van der Waals surface area contributed by atoms with Gasteiger partial charge in [-0.15, -0.1) is 0 Å². The Hall–Kier alpha value is -2.48. The Morgan fingerprint density at radius 2 is 1.63 bits per heavy atom. The first-order valence-electron chi connectivity index (χ1n) is 8.39. The minimum absolute atomic E-state index is 0.0718. The first-order chi connectivity index (χ1) is 12.8. The van der Waals surface area contributed by atoms with E-state index in [1.807, 2.05) is 0 Å². The van der Waals surface area contributed by atoms with Crippen molar-refractivity contribution in [3.05, 3.63) is 45.7 Å². The van der Waals surface area contributed by atoms with Crippen LogP contribution in [0.25, 0.3) is 0 Å². The number of carbonyl (C=O) groups is 2. The second kappa shape index (κ2) is 8.94. The van der Waals surface area contributed by atoms with Gasteiger partial charge < -0.3 is 24.2 Å². The average Bonchev–Trinajstić information content (AvgIpc) is 2.63. The topological polar surface area (TPSA) is 85.3 Å². The molecule has 0 fully saturated rings. The molecular weight excluding hydrogens is 418 g/mol. The van der Waals surface area contributed by atoms with Gasteiger partial charge in [0.15, 0.2) is 11.5 Å². The Kier molecular flexibility index (Phi) is 6.90. The number of carbonyl (C=O) groups excluding carboxylic acids is 2. The zero-order chi connectivity index (χ0) is 20.1. The van der Waals surface area contributed by atoms with Crippen molar-refractivity contribution in [2.75, 3.05) is 27.4 Å². The summed E-state index contributed by atoms with van der Waals surface area (Å²) >= 11 is 3.28. The van der Waals surface area contributed by atoms with E-state index in [1.54, 1.807) is 50.3 Å². The third-order valence-corrected chi connectivity index (χ3v) is 4.54. The lowest BCUT2D eigenvalue weighted by molar-refractivity contribution is -0.139. The molecule has 0 amide bonds. The van der Waals surface area contributed by atoms with E-state index >= 15 is 0 Å². The van der Waals surface area contributed by atoms with Gasteiger partial charge in [0.1, 0.15) is 0 Å². The van der Waals surface area contributed by atoms with Crippen molar-refractivity contribution in [1.82, 2.24) is 4.90 Å². The van der Waals surface area contributed by atoms with Crippen molar-refractivity contribution in [3.8, 4) is 11.5 Å². The normalized spacial score (nSPS) is 14.3. The van der Waals surface area contributed by atoms with Gasteiger partial charge in [0.2, 0.25) is 0 Å². The summed E-state index contributed by atoms with van der Waals surface area (Å²) in [6.07, 6.45) is 3.22. The summed E-state index contributed by atoms with van der Waals surface area (Å²) < 4.78 is 15.9. The number of nitrogens with zero attached hydrogens (tertiary/aromatic N) is 1. The van der Waals surface area contributed by atoms with Crippen LogP contribution >= 0.6 is 15.9 Å². The molecule has 1 aromatic rings. The number of phenolic OH excluding ortho intramolecular Hbond substituents is 1. The van der Waals surface area contributed by atoms with Crippen LogP contribution in [0.4, 0.5) is 0 Å². The molecule has 8 heteroatoms. The third-order valence-electron chi connectivity index (χ3n) is 3.93. The highest BCUT2D eigenvalue weighted by molar-refractivity contribution is 9.10. The molecule has 0 bridgehead atoms. The van der Waals surface area contributed by atoms with Crippen molar-refractivity contribution in [2.45, 2.75) is 19.8 Å². The number of phenols is 1. The molecule has 0 aliphatic carbocycles. The predicted octanol–water partition coefficient (Wildman–Crippen LogP) is 3.09. The number of hydrogen-bond acceptors (Lipinski definition) is 7. The number of methoxy groups -OCH3 is 1. The second-order valence-corrected chi connectivity index (χ2v) is 6.62. The van der Waals surface area contributed by atoms with Crippen LogP contribution < -0.4 is 4.74 Å². The lowest BCUT2D eigenvalue weighted by atomic mass is 9.83. The minimum atomic E-state index is -0.731. The summed E-state index contributed by atoms with van der Waals surface area (Å²) in [5, 5.41) is 10.1. The number of benzene rings is 1. The van der Waals surface area contributed by atoms with E-state index in [4.69, 9.17) is 14.2 Å². The Labute approximate surface area is 166 Å². The fourth-order valence-electron chi connectivity index (χ4n) is 2.84. The lowest BCUT2D eigenvalue weighted by Gasteiger charge is -2.29. The summed E-state index contributed by atoms with van der Waals surface area (Å²) in [4.78, 5) is 26.8. The van der Waals surface area contributed by atoms with Crippen molar-refractivity contribution in [1.29, 1.82) is 0 Å². The number of rotatable bonds is 6. The van der Waals surface area contributed by atoms with Crippen molar-refractivity contribution < 1.29 is 28.9 Å². The molecule has 0 spiro atoms. The Bertz CT molecular complexity index is 766. The van der Waals surface area contributed by atoms with Crippen LogP contribution in [0.5, 0.6) is 11.5 Å². The van der Waals surface area contributed by atoms with Gasteiger partial charge in [-0.2, -0.15) is 0 Å². The van der Waals surface area contributed by atoms with Crippen LogP contribution in [0.15, 0.2) is 40.2 Å². The standard InChI is InChI=1S/C19H22BrNO6/c1-5-26-18(23)12-9-21(3)10-13(19(24)27-6-2)16(12)11-7-14(20)17(22)15(8-11)25-4/h7-10,16,22H,5-6H2,1-4H3. The van der Waals surface area contributed by atoms with E-state index < -0.39 is 17.9 Å². The molecule has 0 saturated carbocycles. The lowest BCUT2D eigenvalue weighted by Crippen LogP contribution is -2.28. The molecule has 27 heavy (non-hydrogen) atoms. The van der Waals surface area contributed by atoms with Gasteiger partial charge in [-0.1, -0.05) is 0 Å². The molecule has 0 aromatic heterocycles. The zero-order valence-electron chi connectivity index (χ0n) is 15.6. The monoisotopic (exact) mass is 439 g/mol. The maximum Gasteiger partial charge on any atom is 0.336 e. The highest BCUT2D eigenvalue weighted by Gasteiger charge is 2.35. The average molecular weight is 440 g/mol. The van der Waals surface area contributed by atoms with Crippen LogP contribution in [0.1, 0.15) is 25.3 Å². The van der Waals surface area contributed by atoms with Crippen molar-refractivity contribution in [3.63, 3.8) is 0 Å². The Morgan fingerprint density at radius 1 is 1.11 bits per heavy atom. The largest absolute Gasteiger partial charge is 0.503 e. The highest BCUT2D eigenvalue weighted by Crippen LogP contribution is 2.43. The molecule has 1 N–H and O–H groups in total. The molecule has 1 aromatic carbocycles. The highest BCUT2D eigenvalue weighted by atomic mass is 79.9. The molecule has 146 valence electrons. The molecule has 7 nitrogen and oxygen atoms in total. The maximum atomic E-state index is 12.6. The van der Waals surface area contributed by atoms with Crippen LogP contribution in [0, 0.1) is 0 Å². The smallest absolute Gasteiger partial charge is 0.336 e. The molecule has 0 saturated heterocycles. The molecule has 1 aliphatic heterocycles. The zero-order valence-corrected chi connectivity index (χ0v) is 17.2. The predicted molar refractivity (Wildman–Crippen MR) is 102 cm³/mol. The van der Waals surface area contributed by atoms with Gasteiger partial charge in [-0.3, -0.25) is 0 Å². The number of aromatic hydroxyl groups is 1. The van der Waals surface area contributed by atoms with E-state index in [-0.39, 0.29) is 35.9 Å². The second-order valence-electron chi connectivity index (χ2n) is 5.76. The Balaban J connectivity index is 2.64. The van der Waals surface area contributed by atoms with E-state index in [0.717, 1.165) is 0 Å². The van der Waals surface area contributed by atoms with Crippen molar-refractivity contribution in [2.24, 2.45) is 0 Å². The third kappa shape index (κ3) is 4.44. The van der Waals surface area contributed by atoms with E-state index in [2.05, 4.69) is 15.9 Å². The Morgan fingerprint density at radius 3 is 2.07 bits per heavy atom. The summed E-state index contributed by atoms with van der Waals surface area (Å²) in [6, 6.07) is 3.21. The van der Waals surface area contributed by atoms with Gasteiger partial charge in [-0.25, -0.2) is 9.59 Å². The van der Waals surface area contributed by atoms with Crippen LogP contribution in [-0.4, -0.2) is 49.3 Å². The number of ether oxygens (including phenoxy) is 3. The molecule has 2 rings (SSSR count). The first kappa shape index (κ1) is 20.8. The molecule has 1 aliphatic rings. The number of halogens is 1. The minimum Gasteiger partial charge on any atom is -0.503 e. The van der Waals surface area contributed by atoms with E-state index in [1.165, 1.54) is 7.11 Å². The van der Waals surface area contributed by atoms with Crippen molar-refractivity contribution >= 4 is 27.9 Å². The van der Waals surface area contributed by atoms with Gasteiger partial charge in [0.05, 0.1) is 41.9 Å². The summed E-state index contributed by atoms with van der Waals surface area (Å²) in [6.45, 7) is 3.83. The first-order valence-corrected chi connectivity index (χ1v) is 9.19. The van der Waals surface area contributed by atoms with Gasteiger partial charge >= 0.3 is 11.9 Å².